The molecule has 1 aliphatic carbocycles. The van der Waals surface area contributed by atoms with E-state index in [4.69, 9.17) is 4.52 Å². The number of aromatic nitrogens is 2. The van der Waals surface area contributed by atoms with Crippen molar-refractivity contribution in [2.24, 2.45) is 0 Å². The van der Waals surface area contributed by atoms with Gasteiger partial charge in [-0.3, -0.25) is 0 Å². The largest absolute Gasteiger partial charge is 0.339 e. The predicted octanol–water partition coefficient (Wildman–Crippen LogP) is 2.96. The van der Waals surface area contributed by atoms with Gasteiger partial charge in [-0.1, -0.05) is 11.6 Å². The number of thiophene rings is 1. The Morgan fingerprint density at radius 2 is 2.28 bits per heavy atom. The van der Waals surface area contributed by atoms with Gasteiger partial charge in [0.15, 0.2) is 0 Å². The van der Waals surface area contributed by atoms with E-state index in [1.54, 1.807) is 11.3 Å². The zero-order valence-electron chi connectivity index (χ0n) is 10.6. The third-order valence-electron chi connectivity index (χ3n) is 3.74. The molecule has 1 aliphatic rings. The number of nitrogens with one attached hydrogen (secondary N) is 1. The van der Waals surface area contributed by atoms with Crippen LogP contribution in [0.25, 0.3) is 11.4 Å². The lowest BCUT2D eigenvalue weighted by Crippen LogP contribution is -2.27. The van der Waals surface area contributed by atoms with E-state index in [0.29, 0.717) is 12.0 Å². The molecule has 2 aromatic rings. The van der Waals surface area contributed by atoms with Gasteiger partial charge >= 0.3 is 0 Å². The van der Waals surface area contributed by atoms with E-state index in [-0.39, 0.29) is 0 Å². The zero-order chi connectivity index (χ0) is 12.5. The lowest BCUT2D eigenvalue weighted by atomic mass is 10.0. The van der Waals surface area contributed by atoms with Crippen LogP contribution < -0.4 is 5.32 Å². The van der Waals surface area contributed by atoms with Crippen LogP contribution in [-0.4, -0.2) is 23.2 Å². The van der Waals surface area contributed by atoms with Gasteiger partial charge in [-0.2, -0.15) is 16.3 Å². The van der Waals surface area contributed by atoms with E-state index < -0.39 is 0 Å². The van der Waals surface area contributed by atoms with E-state index in [9.17, 15) is 0 Å². The van der Waals surface area contributed by atoms with Crippen LogP contribution in [0.5, 0.6) is 0 Å². The van der Waals surface area contributed by atoms with E-state index in [2.05, 4.69) is 33.1 Å². The molecule has 0 spiro atoms. The molecule has 0 aromatic carbocycles. The second kappa shape index (κ2) is 4.82. The second-order valence-corrected chi connectivity index (χ2v) is 5.60. The number of rotatable bonds is 3. The number of hydrogen-bond acceptors (Lipinski definition) is 5. The molecule has 0 radical (unpaired) electrons. The Labute approximate surface area is 110 Å². The maximum atomic E-state index is 5.46. The fourth-order valence-corrected chi connectivity index (χ4v) is 3.51. The van der Waals surface area contributed by atoms with Crippen LogP contribution in [0, 0.1) is 6.92 Å². The molecule has 1 fully saturated rings. The van der Waals surface area contributed by atoms with Gasteiger partial charge in [0.25, 0.3) is 0 Å². The third kappa shape index (κ3) is 1.97. The summed E-state index contributed by atoms with van der Waals surface area (Å²) in [5.41, 5.74) is 2.30. The van der Waals surface area contributed by atoms with Crippen molar-refractivity contribution >= 4 is 11.3 Å². The van der Waals surface area contributed by atoms with Crippen molar-refractivity contribution in [3.8, 4) is 11.4 Å². The van der Waals surface area contributed by atoms with Gasteiger partial charge < -0.3 is 9.84 Å². The Hall–Kier alpha value is -1.20. The number of likely N-dealkylation sites (N-methyl/N-ethyl adjacent to an activating group) is 1. The fourth-order valence-electron chi connectivity index (χ4n) is 2.69. The fraction of sp³-hybridized carbons (Fsp3) is 0.538. The first-order valence-electron chi connectivity index (χ1n) is 6.33. The topological polar surface area (TPSA) is 51.0 Å². The lowest BCUT2D eigenvalue weighted by molar-refractivity contribution is 0.335. The van der Waals surface area contributed by atoms with Gasteiger partial charge in [0.05, 0.1) is 5.92 Å². The van der Waals surface area contributed by atoms with Gasteiger partial charge in [0.1, 0.15) is 0 Å². The molecule has 4 nitrogen and oxygen atoms in total. The van der Waals surface area contributed by atoms with E-state index >= 15 is 0 Å². The van der Waals surface area contributed by atoms with E-state index in [1.165, 1.54) is 18.4 Å². The molecule has 0 saturated heterocycles. The predicted molar refractivity (Wildman–Crippen MR) is 71.8 cm³/mol. The Kier molecular flexibility index (Phi) is 3.18. The molecular weight excluding hydrogens is 246 g/mol. The highest BCUT2D eigenvalue weighted by atomic mass is 32.1. The van der Waals surface area contributed by atoms with Crippen molar-refractivity contribution in [3.63, 3.8) is 0 Å². The Bertz CT molecular complexity index is 534. The molecule has 18 heavy (non-hydrogen) atoms. The molecule has 2 atom stereocenters. The molecule has 1 N–H and O–H groups in total. The first-order valence-corrected chi connectivity index (χ1v) is 7.28. The molecule has 5 heteroatoms. The molecule has 2 heterocycles. The summed E-state index contributed by atoms with van der Waals surface area (Å²) in [5, 5.41) is 11.7. The summed E-state index contributed by atoms with van der Waals surface area (Å²) in [6, 6.07) is 0.474. The highest BCUT2D eigenvalue weighted by molar-refractivity contribution is 7.08. The quantitative estimate of drug-likeness (QED) is 0.925. The Morgan fingerprint density at radius 3 is 3.00 bits per heavy atom. The van der Waals surface area contributed by atoms with Crippen molar-refractivity contribution < 1.29 is 4.52 Å². The van der Waals surface area contributed by atoms with E-state index in [0.717, 1.165) is 23.7 Å². The average molecular weight is 263 g/mol. The van der Waals surface area contributed by atoms with Crippen LogP contribution in [0.4, 0.5) is 0 Å². The molecule has 3 rings (SSSR count). The molecule has 2 unspecified atom stereocenters. The molecule has 0 bridgehead atoms. The molecule has 0 amide bonds. The summed E-state index contributed by atoms with van der Waals surface area (Å²) in [6.07, 6.45) is 3.55. The zero-order valence-corrected chi connectivity index (χ0v) is 11.5. The number of aryl methyl sites for hydroxylation is 1. The average Bonchev–Trinajstić information content (AvgIpc) is 3.06. The van der Waals surface area contributed by atoms with Crippen LogP contribution in [-0.2, 0) is 0 Å². The van der Waals surface area contributed by atoms with Crippen molar-refractivity contribution in [3.05, 3.63) is 22.2 Å². The van der Waals surface area contributed by atoms with Crippen molar-refractivity contribution in [2.45, 2.75) is 38.1 Å². The summed E-state index contributed by atoms with van der Waals surface area (Å²) in [7, 11) is 2.00. The summed E-state index contributed by atoms with van der Waals surface area (Å²) in [4.78, 5) is 4.58. The van der Waals surface area contributed by atoms with Crippen molar-refractivity contribution in [1.82, 2.24) is 15.5 Å². The van der Waals surface area contributed by atoms with Crippen LogP contribution in [0.1, 0.15) is 36.6 Å². The van der Waals surface area contributed by atoms with Crippen molar-refractivity contribution in [1.29, 1.82) is 0 Å². The van der Waals surface area contributed by atoms with Crippen molar-refractivity contribution in [2.75, 3.05) is 7.05 Å². The molecule has 1 saturated carbocycles. The first kappa shape index (κ1) is 11.9. The van der Waals surface area contributed by atoms with Crippen LogP contribution >= 0.6 is 11.3 Å². The SMILES string of the molecule is CNC1CCCC1c1nc(-c2cscc2C)no1. The minimum Gasteiger partial charge on any atom is -0.339 e. The first-order chi connectivity index (χ1) is 8.79. The Balaban J connectivity index is 1.88. The minimum atomic E-state index is 0.371. The van der Waals surface area contributed by atoms with Gasteiger partial charge in [-0.25, -0.2) is 0 Å². The Morgan fingerprint density at radius 1 is 1.39 bits per heavy atom. The maximum absolute atomic E-state index is 5.46. The van der Waals surface area contributed by atoms with Crippen LogP contribution in [0.3, 0.4) is 0 Å². The molecule has 0 aliphatic heterocycles. The monoisotopic (exact) mass is 263 g/mol. The normalized spacial score (nSPS) is 23.7. The van der Waals surface area contributed by atoms with E-state index in [1.807, 2.05) is 7.05 Å². The smallest absolute Gasteiger partial charge is 0.231 e. The van der Waals surface area contributed by atoms with Crippen LogP contribution in [0.2, 0.25) is 0 Å². The van der Waals surface area contributed by atoms with Crippen LogP contribution in [0.15, 0.2) is 15.3 Å². The highest BCUT2D eigenvalue weighted by Gasteiger charge is 2.32. The number of hydrogen-bond donors (Lipinski definition) is 1. The minimum absolute atomic E-state index is 0.371. The standard InChI is InChI=1S/C13H17N3OS/c1-8-6-18-7-10(8)12-15-13(17-16-12)9-4-3-5-11(9)14-2/h6-7,9,11,14H,3-5H2,1-2H3. The summed E-state index contributed by atoms with van der Waals surface area (Å²) in [5.74, 6) is 1.88. The summed E-state index contributed by atoms with van der Waals surface area (Å²) >= 11 is 1.67. The molecule has 96 valence electrons. The van der Waals surface area contributed by atoms with Gasteiger partial charge in [-0.15, -0.1) is 0 Å². The van der Waals surface area contributed by atoms with Gasteiger partial charge in [0.2, 0.25) is 11.7 Å². The number of nitrogens with zero attached hydrogens (tertiary/aromatic N) is 2. The summed E-state index contributed by atoms with van der Waals surface area (Å²) in [6.45, 7) is 2.08. The highest BCUT2D eigenvalue weighted by Crippen LogP contribution is 2.34. The molecule has 2 aromatic heterocycles. The maximum Gasteiger partial charge on any atom is 0.231 e. The lowest BCUT2D eigenvalue weighted by Gasteiger charge is -2.14. The van der Waals surface area contributed by atoms with Gasteiger partial charge in [0, 0.05) is 17.0 Å². The second-order valence-electron chi connectivity index (χ2n) is 4.86. The third-order valence-corrected chi connectivity index (χ3v) is 4.60. The van der Waals surface area contributed by atoms with Gasteiger partial charge in [-0.05, 0) is 37.8 Å². The summed E-state index contributed by atoms with van der Waals surface area (Å²) < 4.78 is 5.46. The molecular formula is C13H17N3OS.